The van der Waals surface area contributed by atoms with Crippen LogP contribution in [0.4, 0.5) is 5.69 Å². The summed E-state index contributed by atoms with van der Waals surface area (Å²) in [5.41, 5.74) is 13.6. The lowest BCUT2D eigenvalue weighted by molar-refractivity contribution is 1.32. The number of rotatable bonds is 2. The van der Waals surface area contributed by atoms with Crippen molar-refractivity contribution in [1.82, 2.24) is 0 Å². The van der Waals surface area contributed by atoms with E-state index in [-0.39, 0.29) is 0 Å². The number of anilines is 1. The van der Waals surface area contributed by atoms with E-state index in [1.807, 2.05) is 18.2 Å². The van der Waals surface area contributed by atoms with E-state index in [0.717, 1.165) is 11.1 Å². The molecule has 0 amide bonds. The maximum Gasteiger partial charge on any atom is 0.132 e. The van der Waals surface area contributed by atoms with Gasteiger partial charge in [0.2, 0.25) is 0 Å². The zero-order valence-electron chi connectivity index (χ0n) is 12.3. The van der Waals surface area contributed by atoms with E-state index < -0.39 is 0 Å². The third-order valence-electron chi connectivity index (χ3n) is 3.47. The molecule has 0 fully saturated rings. The van der Waals surface area contributed by atoms with Gasteiger partial charge in [0.25, 0.3) is 0 Å². The molecule has 0 atom stereocenters. The number of nitrogens with two attached hydrogens (primary N) is 1. The number of aliphatic imine (C=N–C) groups is 1. The van der Waals surface area contributed by atoms with Crippen molar-refractivity contribution in [3.05, 3.63) is 52.6 Å². The second-order valence-corrected chi connectivity index (χ2v) is 5.41. The standard InChI is InChI=1S/C17H19ClN2/c1-10-8-11(2)15(12(3)9-10)13-6-5-7-14(16(13)19)17(18)20-4/h5-9H,19H2,1-4H3. The summed E-state index contributed by atoms with van der Waals surface area (Å²) in [6.07, 6.45) is 0. The summed E-state index contributed by atoms with van der Waals surface area (Å²) >= 11 is 6.13. The van der Waals surface area contributed by atoms with E-state index in [1.165, 1.54) is 22.3 Å². The van der Waals surface area contributed by atoms with E-state index in [9.17, 15) is 0 Å². The van der Waals surface area contributed by atoms with Crippen LogP contribution in [0.5, 0.6) is 0 Å². The lowest BCUT2D eigenvalue weighted by atomic mass is 9.91. The van der Waals surface area contributed by atoms with Gasteiger partial charge in [0.1, 0.15) is 5.17 Å². The van der Waals surface area contributed by atoms with Crippen molar-refractivity contribution in [3.63, 3.8) is 0 Å². The fourth-order valence-corrected chi connectivity index (χ4v) is 2.85. The molecular weight excluding hydrogens is 268 g/mol. The summed E-state index contributed by atoms with van der Waals surface area (Å²) in [6, 6.07) is 10.2. The highest BCUT2D eigenvalue weighted by molar-refractivity contribution is 6.70. The second kappa shape index (κ2) is 5.68. The van der Waals surface area contributed by atoms with Crippen molar-refractivity contribution in [2.75, 3.05) is 12.8 Å². The van der Waals surface area contributed by atoms with Gasteiger partial charge < -0.3 is 5.73 Å². The number of nitrogen functional groups attached to an aromatic ring is 1. The van der Waals surface area contributed by atoms with Crippen LogP contribution in [0.1, 0.15) is 22.3 Å². The van der Waals surface area contributed by atoms with Crippen LogP contribution in [0.2, 0.25) is 0 Å². The van der Waals surface area contributed by atoms with Gasteiger partial charge in [0.05, 0.1) is 0 Å². The number of hydrogen-bond acceptors (Lipinski definition) is 2. The molecule has 2 nitrogen and oxygen atoms in total. The molecule has 0 aromatic heterocycles. The zero-order valence-corrected chi connectivity index (χ0v) is 13.0. The summed E-state index contributed by atoms with van der Waals surface area (Å²) in [5, 5.41) is 0.437. The topological polar surface area (TPSA) is 38.4 Å². The molecule has 0 bridgehead atoms. The fraction of sp³-hybridized carbons (Fsp3) is 0.235. The van der Waals surface area contributed by atoms with Crippen LogP contribution >= 0.6 is 11.6 Å². The Morgan fingerprint density at radius 2 is 1.70 bits per heavy atom. The molecule has 0 unspecified atom stereocenters. The molecule has 0 aliphatic rings. The molecule has 2 rings (SSSR count). The van der Waals surface area contributed by atoms with Crippen LogP contribution in [0.3, 0.4) is 0 Å². The van der Waals surface area contributed by atoms with Crippen LogP contribution < -0.4 is 5.73 Å². The van der Waals surface area contributed by atoms with Crippen LogP contribution in [0, 0.1) is 20.8 Å². The van der Waals surface area contributed by atoms with Crippen molar-refractivity contribution in [1.29, 1.82) is 0 Å². The monoisotopic (exact) mass is 286 g/mol. The van der Waals surface area contributed by atoms with Crippen molar-refractivity contribution >= 4 is 22.5 Å². The number of hydrogen-bond donors (Lipinski definition) is 1. The number of para-hydroxylation sites is 1. The number of aryl methyl sites for hydroxylation is 3. The minimum Gasteiger partial charge on any atom is -0.398 e. The Hall–Kier alpha value is -1.80. The van der Waals surface area contributed by atoms with Crippen molar-refractivity contribution in [2.45, 2.75) is 20.8 Å². The molecule has 3 heteroatoms. The minimum absolute atomic E-state index is 0.437. The Balaban J connectivity index is 2.72. The maximum atomic E-state index is 6.30. The summed E-state index contributed by atoms with van der Waals surface area (Å²) < 4.78 is 0. The molecule has 0 radical (unpaired) electrons. The van der Waals surface area contributed by atoms with E-state index in [4.69, 9.17) is 17.3 Å². The first-order valence-electron chi connectivity index (χ1n) is 6.55. The molecule has 0 spiro atoms. The van der Waals surface area contributed by atoms with Crippen LogP contribution in [0.25, 0.3) is 11.1 Å². The van der Waals surface area contributed by atoms with Gasteiger partial charge in [-0.3, -0.25) is 4.99 Å². The van der Waals surface area contributed by atoms with Gasteiger partial charge in [-0.15, -0.1) is 0 Å². The van der Waals surface area contributed by atoms with Crippen LogP contribution in [-0.4, -0.2) is 12.2 Å². The molecule has 0 aliphatic carbocycles. The van der Waals surface area contributed by atoms with Gasteiger partial charge in [-0.1, -0.05) is 41.4 Å². The SMILES string of the molecule is CN=C(Cl)c1cccc(-c2c(C)cc(C)cc2C)c1N. The molecule has 2 aromatic rings. The minimum atomic E-state index is 0.437. The van der Waals surface area contributed by atoms with Crippen molar-refractivity contribution in [2.24, 2.45) is 4.99 Å². The summed E-state index contributed by atoms with van der Waals surface area (Å²) in [5.74, 6) is 0. The van der Waals surface area contributed by atoms with Gasteiger partial charge in [0.15, 0.2) is 0 Å². The highest BCUT2D eigenvalue weighted by atomic mass is 35.5. The average molecular weight is 287 g/mol. The Labute approximate surface area is 125 Å². The molecule has 2 N–H and O–H groups in total. The fourth-order valence-electron chi connectivity index (χ4n) is 2.69. The maximum absolute atomic E-state index is 6.30. The van der Waals surface area contributed by atoms with Crippen molar-refractivity contribution < 1.29 is 0 Å². The molecular formula is C17H19ClN2. The normalized spacial score (nSPS) is 11.8. The van der Waals surface area contributed by atoms with E-state index >= 15 is 0 Å². The zero-order chi connectivity index (χ0) is 14.9. The van der Waals surface area contributed by atoms with Crippen molar-refractivity contribution in [3.8, 4) is 11.1 Å². The molecule has 0 saturated heterocycles. The first kappa shape index (κ1) is 14.6. The largest absolute Gasteiger partial charge is 0.398 e. The average Bonchev–Trinajstić information content (AvgIpc) is 2.38. The lowest BCUT2D eigenvalue weighted by Gasteiger charge is -2.15. The van der Waals surface area contributed by atoms with E-state index in [0.29, 0.717) is 10.9 Å². The van der Waals surface area contributed by atoms with Crippen LogP contribution in [-0.2, 0) is 0 Å². The van der Waals surface area contributed by atoms with Gasteiger partial charge >= 0.3 is 0 Å². The summed E-state index contributed by atoms with van der Waals surface area (Å²) in [7, 11) is 1.66. The Kier molecular flexibility index (Phi) is 4.15. The van der Waals surface area contributed by atoms with Gasteiger partial charge in [-0.2, -0.15) is 0 Å². The molecule has 2 aromatic carbocycles. The number of halogens is 1. The smallest absolute Gasteiger partial charge is 0.132 e. The summed E-state index contributed by atoms with van der Waals surface area (Å²) in [6.45, 7) is 6.32. The highest BCUT2D eigenvalue weighted by Gasteiger charge is 2.13. The number of benzene rings is 2. The first-order valence-corrected chi connectivity index (χ1v) is 6.93. The quantitative estimate of drug-likeness (QED) is 0.642. The predicted octanol–water partition coefficient (Wildman–Crippen LogP) is 4.48. The van der Waals surface area contributed by atoms with E-state index in [2.05, 4.69) is 37.9 Å². The number of nitrogens with zero attached hydrogens (tertiary/aromatic N) is 1. The Morgan fingerprint density at radius 1 is 1.10 bits per heavy atom. The Morgan fingerprint density at radius 3 is 2.25 bits per heavy atom. The predicted molar refractivity (Wildman–Crippen MR) is 88.8 cm³/mol. The lowest BCUT2D eigenvalue weighted by Crippen LogP contribution is -2.02. The molecule has 0 heterocycles. The highest BCUT2D eigenvalue weighted by Crippen LogP contribution is 2.34. The Bertz CT molecular complexity index is 664. The van der Waals surface area contributed by atoms with Crippen LogP contribution in [0.15, 0.2) is 35.3 Å². The third kappa shape index (κ3) is 2.56. The van der Waals surface area contributed by atoms with Gasteiger partial charge in [-0.05, 0) is 43.5 Å². The van der Waals surface area contributed by atoms with E-state index in [1.54, 1.807) is 7.05 Å². The third-order valence-corrected chi connectivity index (χ3v) is 3.84. The molecule has 104 valence electrons. The van der Waals surface area contributed by atoms with Gasteiger partial charge in [0, 0.05) is 23.9 Å². The molecule has 20 heavy (non-hydrogen) atoms. The molecule has 0 saturated carbocycles. The van der Waals surface area contributed by atoms with Gasteiger partial charge in [-0.25, -0.2) is 0 Å². The molecule has 0 aliphatic heterocycles. The first-order chi connectivity index (χ1) is 9.45. The summed E-state index contributed by atoms with van der Waals surface area (Å²) in [4.78, 5) is 4.02. The second-order valence-electron chi connectivity index (χ2n) is 5.05.